The lowest BCUT2D eigenvalue weighted by atomic mass is 9.87. The fraction of sp³-hybridized carbons (Fsp3) is 0.944. The van der Waals surface area contributed by atoms with Crippen molar-refractivity contribution in [2.45, 2.75) is 50.2 Å². The van der Waals surface area contributed by atoms with Gasteiger partial charge in [-0.2, -0.15) is 11.8 Å². The number of rotatable bonds is 3. The van der Waals surface area contributed by atoms with Gasteiger partial charge < -0.3 is 15.1 Å². The molecule has 3 fully saturated rings. The summed E-state index contributed by atoms with van der Waals surface area (Å²) in [5.41, 5.74) is 0. The highest BCUT2D eigenvalue weighted by Crippen LogP contribution is 2.42. The van der Waals surface area contributed by atoms with E-state index in [1.165, 1.54) is 69.9 Å². The molecule has 1 saturated carbocycles. The number of thioether (sulfide) groups is 1. The van der Waals surface area contributed by atoms with E-state index in [1.807, 2.05) is 0 Å². The second-order valence-corrected chi connectivity index (χ2v) is 9.19. The zero-order valence-corrected chi connectivity index (χ0v) is 15.8. The van der Waals surface area contributed by atoms with E-state index in [2.05, 4.69) is 40.8 Å². The Bertz CT molecular complexity index is 400. The monoisotopic (exact) mass is 338 g/mol. The fourth-order valence-corrected chi connectivity index (χ4v) is 5.91. The van der Waals surface area contributed by atoms with Crippen LogP contribution in [0.4, 0.5) is 0 Å². The van der Waals surface area contributed by atoms with Crippen LogP contribution in [0.25, 0.3) is 0 Å². The van der Waals surface area contributed by atoms with Crippen LogP contribution in [0, 0.1) is 5.92 Å². The zero-order chi connectivity index (χ0) is 16.1. The predicted molar refractivity (Wildman–Crippen MR) is 101 cm³/mol. The Morgan fingerprint density at radius 1 is 1.26 bits per heavy atom. The summed E-state index contributed by atoms with van der Waals surface area (Å²) >= 11 is 2.24. The van der Waals surface area contributed by atoms with Crippen molar-refractivity contribution in [2.24, 2.45) is 10.9 Å². The highest BCUT2D eigenvalue weighted by Gasteiger charge is 2.38. The molecule has 0 radical (unpaired) electrons. The first-order chi connectivity index (χ1) is 11.2. The van der Waals surface area contributed by atoms with Crippen LogP contribution in [0.5, 0.6) is 0 Å². The first-order valence-electron chi connectivity index (χ1n) is 9.56. The molecule has 1 atom stereocenters. The highest BCUT2D eigenvalue weighted by molar-refractivity contribution is 8.00. The molecule has 2 heterocycles. The Morgan fingerprint density at radius 2 is 2.09 bits per heavy atom. The standard InChI is InChI=1S/C18H34N4S/c1-3-19-17(20-13-16-7-10-21(2)14-16)22-11-12-23-18(15-22)8-5-4-6-9-18/h16H,3-15H2,1-2H3,(H,19,20). The van der Waals surface area contributed by atoms with Gasteiger partial charge in [-0.15, -0.1) is 0 Å². The Hall–Kier alpha value is -0.420. The summed E-state index contributed by atoms with van der Waals surface area (Å²) in [5, 5.41) is 3.56. The molecular weight excluding hydrogens is 304 g/mol. The van der Waals surface area contributed by atoms with Gasteiger partial charge in [0.25, 0.3) is 0 Å². The minimum absolute atomic E-state index is 0.514. The number of hydrogen-bond acceptors (Lipinski definition) is 3. The third-order valence-electron chi connectivity index (χ3n) is 5.64. The molecule has 0 bridgehead atoms. The van der Waals surface area contributed by atoms with E-state index in [0.717, 1.165) is 25.6 Å². The van der Waals surface area contributed by atoms with E-state index in [4.69, 9.17) is 4.99 Å². The Balaban J connectivity index is 1.62. The second-order valence-electron chi connectivity index (χ2n) is 7.63. The molecule has 3 aliphatic rings. The van der Waals surface area contributed by atoms with Gasteiger partial charge in [0.1, 0.15) is 0 Å². The van der Waals surface area contributed by atoms with Crippen molar-refractivity contribution in [3.8, 4) is 0 Å². The SMILES string of the molecule is CCNC(=NCC1CCN(C)C1)N1CCSC2(CCCCC2)C1. The quantitative estimate of drug-likeness (QED) is 0.633. The Morgan fingerprint density at radius 3 is 2.78 bits per heavy atom. The van der Waals surface area contributed by atoms with Gasteiger partial charge in [0.2, 0.25) is 0 Å². The Kier molecular flexibility index (Phi) is 6.13. The van der Waals surface area contributed by atoms with Crippen molar-refractivity contribution in [1.29, 1.82) is 0 Å². The van der Waals surface area contributed by atoms with Crippen LogP contribution in [0.2, 0.25) is 0 Å². The molecule has 5 heteroatoms. The number of likely N-dealkylation sites (tertiary alicyclic amines) is 1. The number of nitrogens with one attached hydrogen (secondary N) is 1. The first-order valence-corrected chi connectivity index (χ1v) is 10.6. The van der Waals surface area contributed by atoms with Crippen molar-refractivity contribution < 1.29 is 0 Å². The van der Waals surface area contributed by atoms with Crippen molar-refractivity contribution in [1.82, 2.24) is 15.1 Å². The molecule has 1 aliphatic carbocycles. The van der Waals surface area contributed by atoms with E-state index < -0.39 is 0 Å². The minimum Gasteiger partial charge on any atom is -0.357 e. The average molecular weight is 339 g/mol. The van der Waals surface area contributed by atoms with Gasteiger partial charge in [0.15, 0.2) is 5.96 Å². The van der Waals surface area contributed by atoms with E-state index >= 15 is 0 Å². The van der Waals surface area contributed by atoms with Gasteiger partial charge in [-0.1, -0.05) is 19.3 Å². The smallest absolute Gasteiger partial charge is 0.193 e. The zero-order valence-electron chi connectivity index (χ0n) is 15.0. The number of hydrogen-bond donors (Lipinski definition) is 1. The van der Waals surface area contributed by atoms with E-state index in [0.29, 0.717) is 4.75 Å². The molecule has 0 aromatic heterocycles. The molecule has 2 saturated heterocycles. The second kappa shape index (κ2) is 8.11. The van der Waals surface area contributed by atoms with Crippen LogP contribution >= 0.6 is 11.8 Å². The van der Waals surface area contributed by atoms with Crippen LogP contribution in [-0.4, -0.2) is 72.6 Å². The molecule has 0 aromatic carbocycles. The summed E-state index contributed by atoms with van der Waals surface area (Å²) in [6, 6.07) is 0. The average Bonchev–Trinajstić information content (AvgIpc) is 2.98. The summed E-state index contributed by atoms with van der Waals surface area (Å²) < 4.78 is 0.514. The van der Waals surface area contributed by atoms with Crippen LogP contribution in [0.1, 0.15) is 45.4 Å². The van der Waals surface area contributed by atoms with Crippen LogP contribution in [0.3, 0.4) is 0 Å². The van der Waals surface area contributed by atoms with Crippen LogP contribution in [-0.2, 0) is 0 Å². The Labute approximate surface area is 146 Å². The molecule has 132 valence electrons. The molecule has 23 heavy (non-hydrogen) atoms. The maximum absolute atomic E-state index is 5.03. The summed E-state index contributed by atoms with van der Waals surface area (Å²) in [7, 11) is 2.23. The van der Waals surface area contributed by atoms with Crippen molar-refractivity contribution >= 4 is 17.7 Å². The van der Waals surface area contributed by atoms with Gasteiger partial charge in [0.05, 0.1) is 0 Å². The maximum Gasteiger partial charge on any atom is 0.193 e. The third kappa shape index (κ3) is 4.56. The lowest BCUT2D eigenvalue weighted by Crippen LogP contribution is -2.53. The summed E-state index contributed by atoms with van der Waals surface area (Å²) in [6.07, 6.45) is 8.39. The van der Waals surface area contributed by atoms with Gasteiger partial charge >= 0.3 is 0 Å². The van der Waals surface area contributed by atoms with Crippen molar-refractivity contribution in [3.63, 3.8) is 0 Å². The lowest BCUT2D eigenvalue weighted by molar-refractivity contribution is 0.293. The fourth-order valence-electron chi connectivity index (χ4n) is 4.34. The molecule has 1 N–H and O–H groups in total. The van der Waals surface area contributed by atoms with Crippen molar-refractivity contribution in [2.75, 3.05) is 52.1 Å². The molecule has 2 aliphatic heterocycles. The van der Waals surface area contributed by atoms with Gasteiger partial charge in [-0.25, -0.2) is 0 Å². The lowest BCUT2D eigenvalue weighted by Gasteiger charge is -2.45. The van der Waals surface area contributed by atoms with Gasteiger partial charge in [-0.3, -0.25) is 4.99 Å². The molecule has 0 amide bonds. The minimum atomic E-state index is 0.514. The molecule has 0 aromatic rings. The van der Waals surface area contributed by atoms with Crippen molar-refractivity contribution in [3.05, 3.63) is 0 Å². The number of aliphatic imine (C=N–C) groups is 1. The topological polar surface area (TPSA) is 30.9 Å². The van der Waals surface area contributed by atoms with Gasteiger partial charge in [0, 0.05) is 43.2 Å². The predicted octanol–water partition coefficient (Wildman–Crippen LogP) is 2.66. The van der Waals surface area contributed by atoms with E-state index in [9.17, 15) is 0 Å². The summed E-state index contributed by atoms with van der Waals surface area (Å²) in [5.74, 6) is 3.18. The van der Waals surface area contributed by atoms with Crippen LogP contribution in [0.15, 0.2) is 4.99 Å². The summed E-state index contributed by atoms with van der Waals surface area (Å²) in [4.78, 5) is 10.0. The van der Waals surface area contributed by atoms with Gasteiger partial charge in [-0.05, 0) is 45.7 Å². The van der Waals surface area contributed by atoms with E-state index in [-0.39, 0.29) is 0 Å². The largest absolute Gasteiger partial charge is 0.357 e. The highest BCUT2D eigenvalue weighted by atomic mass is 32.2. The van der Waals surface area contributed by atoms with E-state index in [1.54, 1.807) is 0 Å². The third-order valence-corrected chi connectivity index (χ3v) is 7.17. The number of nitrogens with zero attached hydrogens (tertiary/aromatic N) is 3. The number of guanidine groups is 1. The molecular formula is C18H34N4S. The van der Waals surface area contributed by atoms with Crippen LogP contribution < -0.4 is 5.32 Å². The first kappa shape index (κ1) is 17.4. The maximum atomic E-state index is 5.03. The molecule has 1 spiro atoms. The molecule has 1 unspecified atom stereocenters. The summed E-state index contributed by atoms with van der Waals surface area (Å²) in [6.45, 7) is 8.96. The molecule has 4 nitrogen and oxygen atoms in total. The normalized spacial score (nSPS) is 29.2. The molecule has 3 rings (SSSR count).